The molecular formula is C28H41NO5Si. The predicted octanol–water partition coefficient (Wildman–Crippen LogP) is 6.05. The minimum atomic E-state index is -2.30. The van der Waals surface area contributed by atoms with Gasteiger partial charge in [-0.1, -0.05) is 84.0 Å². The maximum atomic E-state index is 13.0. The van der Waals surface area contributed by atoms with Crippen molar-refractivity contribution in [1.82, 2.24) is 4.90 Å². The molecule has 0 spiro atoms. The van der Waals surface area contributed by atoms with Crippen molar-refractivity contribution in [3.05, 3.63) is 65.7 Å². The predicted molar refractivity (Wildman–Crippen MR) is 141 cm³/mol. The summed E-state index contributed by atoms with van der Waals surface area (Å²) in [5.41, 5.74) is 2.90. The number of amides is 1. The quantitative estimate of drug-likeness (QED) is 0.432. The molecule has 3 rings (SSSR count). The summed E-state index contributed by atoms with van der Waals surface area (Å²) in [5.74, 6) is -0.130. The summed E-state index contributed by atoms with van der Waals surface area (Å²) < 4.78 is 12.7. The van der Waals surface area contributed by atoms with E-state index in [4.69, 9.17) is 9.16 Å². The first kappa shape index (κ1) is 27.2. The van der Waals surface area contributed by atoms with E-state index < -0.39 is 20.5 Å². The Morgan fingerprint density at radius 3 is 2.06 bits per heavy atom. The fourth-order valence-electron chi connectivity index (χ4n) is 5.87. The van der Waals surface area contributed by atoms with Gasteiger partial charge in [0.2, 0.25) is 8.32 Å². The second-order valence-corrected chi connectivity index (χ2v) is 16.0. The first-order valence-electron chi connectivity index (χ1n) is 12.7. The van der Waals surface area contributed by atoms with E-state index in [1.807, 2.05) is 42.5 Å². The van der Waals surface area contributed by atoms with Gasteiger partial charge in [0.15, 0.2) is 0 Å². The smallest absolute Gasteiger partial charge is 0.410 e. The lowest BCUT2D eigenvalue weighted by Crippen LogP contribution is -2.59. The number of carbonyl (C=O) groups excluding carboxylic acids is 1. The highest BCUT2D eigenvalue weighted by Crippen LogP contribution is 2.45. The van der Waals surface area contributed by atoms with Crippen LogP contribution in [0.3, 0.4) is 0 Å². The van der Waals surface area contributed by atoms with Crippen molar-refractivity contribution < 1.29 is 24.2 Å². The van der Waals surface area contributed by atoms with E-state index in [0.29, 0.717) is 23.2 Å². The maximum Gasteiger partial charge on any atom is 0.410 e. The van der Waals surface area contributed by atoms with Gasteiger partial charge in [0.25, 0.3) is 0 Å². The minimum absolute atomic E-state index is 0.165. The number of likely N-dealkylation sites (tertiary alicyclic amines) is 1. The minimum Gasteiger partial charge on any atom is -0.508 e. The summed E-state index contributed by atoms with van der Waals surface area (Å²) in [6, 6.07) is 16.5. The zero-order valence-corrected chi connectivity index (χ0v) is 22.8. The molecule has 7 heteroatoms. The van der Waals surface area contributed by atoms with Gasteiger partial charge in [0.1, 0.15) is 12.4 Å². The molecule has 2 aromatic carbocycles. The Kier molecular flexibility index (Phi) is 9.02. The molecule has 0 aliphatic carbocycles. The molecule has 0 radical (unpaired) electrons. The number of rotatable bonds is 8. The topological polar surface area (TPSA) is 79.2 Å². The fourth-order valence-corrected chi connectivity index (χ4v) is 11.4. The molecule has 3 unspecified atom stereocenters. The van der Waals surface area contributed by atoms with Crippen LogP contribution in [0.25, 0.3) is 0 Å². The number of aliphatic hydroxyl groups is 1. The number of hydrogen-bond donors (Lipinski definition) is 2. The Bertz CT molecular complexity index is 926. The molecule has 2 N–H and O–H groups in total. The Balaban J connectivity index is 1.90. The zero-order valence-electron chi connectivity index (χ0n) is 21.8. The SMILES string of the molecule is CC(C)[Si](OC1CN(C(=O)OCc2ccccc2)CC(O)C1c1ccc(O)cc1)(C(C)C)C(C)C. The normalized spacial score (nSPS) is 21.1. The van der Waals surface area contributed by atoms with E-state index in [9.17, 15) is 15.0 Å². The fraction of sp³-hybridized carbons (Fsp3) is 0.536. The van der Waals surface area contributed by atoms with Gasteiger partial charge in [-0.25, -0.2) is 4.79 Å². The number of carbonyl (C=O) groups is 1. The highest BCUT2D eigenvalue weighted by Gasteiger charge is 2.50. The van der Waals surface area contributed by atoms with Crippen LogP contribution in [0.4, 0.5) is 4.79 Å². The van der Waals surface area contributed by atoms with Crippen LogP contribution in [-0.2, 0) is 15.8 Å². The van der Waals surface area contributed by atoms with Crippen molar-refractivity contribution >= 4 is 14.4 Å². The largest absolute Gasteiger partial charge is 0.508 e. The van der Waals surface area contributed by atoms with E-state index in [2.05, 4.69) is 41.5 Å². The number of piperidine rings is 1. The number of benzene rings is 2. The maximum absolute atomic E-state index is 13.0. The number of aliphatic hydroxyl groups excluding tert-OH is 1. The summed E-state index contributed by atoms with van der Waals surface area (Å²) in [5, 5.41) is 21.1. The molecule has 6 nitrogen and oxygen atoms in total. The van der Waals surface area contributed by atoms with Gasteiger partial charge in [-0.15, -0.1) is 0 Å². The molecule has 1 aliphatic rings. The van der Waals surface area contributed by atoms with Crippen molar-refractivity contribution in [2.45, 2.75) is 82.9 Å². The molecule has 3 atom stereocenters. The van der Waals surface area contributed by atoms with Crippen LogP contribution >= 0.6 is 0 Å². The molecule has 35 heavy (non-hydrogen) atoms. The van der Waals surface area contributed by atoms with E-state index >= 15 is 0 Å². The molecule has 1 aliphatic heterocycles. The number of phenolic OH excluding ortho intramolecular Hbond substituents is 1. The molecule has 0 aromatic heterocycles. The van der Waals surface area contributed by atoms with E-state index in [0.717, 1.165) is 11.1 Å². The number of β-amino-alcohol motifs (C(OH)–C–C–N with tert-alkyl or cyclic N) is 1. The van der Waals surface area contributed by atoms with Gasteiger partial charge >= 0.3 is 6.09 Å². The Morgan fingerprint density at radius 1 is 0.943 bits per heavy atom. The van der Waals surface area contributed by atoms with Gasteiger partial charge in [-0.3, -0.25) is 0 Å². The summed E-state index contributed by atoms with van der Waals surface area (Å²) in [6.07, 6.45) is -1.65. The third kappa shape index (κ3) is 6.08. The van der Waals surface area contributed by atoms with E-state index in [-0.39, 0.29) is 30.9 Å². The van der Waals surface area contributed by atoms with Crippen molar-refractivity contribution in [3.63, 3.8) is 0 Å². The summed E-state index contributed by atoms with van der Waals surface area (Å²) >= 11 is 0. The third-order valence-corrected chi connectivity index (χ3v) is 13.6. The van der Waals surface area contributed by atoms with Gasteiger partial charge in [0.05, 0.1) is 18.8 Å². The molecule has 1 amide bonds. The molecule has 2 aromatic rings. The second-order valence-electron chi connectivity index (χ2n) is 10.6. The van der Waals surface area contributed by atoms with E-state index in [1.165, 1.54) is 0 Å². The highest BCUT2D eigenvalue weighted by molar-refractivity contribution is 6.77. The van der Waals surface area contributed by atoms with Crippen molar-refractivity contribution in [1.29, 1.82) is 0 Å². The molecule has 1 heterocycles. The van der Waals surface area contributed by atoms with Gasteiger partial charge < -0.3 is 24.3 Å². The van der Waals surface area contributed by atoms with Crippen LogP contribution in [0.15, 0.2) is 54.6 Å². The van der Waals surface area contributed by atoms with Gasteiger partial charge in [-0.05, 0) is 39.9 Å². The van der Waals surface area contributed by atoms with Crippen LogP contribution in [0.5, 0.6) is 5.75 Å². The number of hydrogen-bond acceptors (Lipinski definition) is 5. The van der Waals surface area contributed by atoms with Crippen molar-refractivity contribution in [3.8, 4) is 5.75 Å². The van der Waals surface area contributed by atoms with Crippen LogP contribution in [0.2, 0.25) is 16.6 Å². The first-order valence-corrected chi connectivity index (χ1v) is 14.8. The molecular weight excluding hydrogens is 458 g/mol. The number of aromatic hydroxyl groups is 1. The first-order chi connectivity index (χ1) is 16.6. The van der Waals surface area contributed by atoms with Crippen LogP contribution in [0, 0.1) is 0 Å². The monoisotopic (exact) mass is 499 g/mol. The summed E-state index contributed by atoms with van der Waals surface area (Å²) in [6.45, 7) is 14.1. The lowest BCUT2D eigenvalue weighted by molar-refractivity contribution is -0.0255. The molecule has 192 valence electrons. The average Bonchev–Trinajstić information content (AvgIpc) is 2.81. The van der Waals surface area contributed by atoms with Crippen LogP contribution in [0.1, 0.15) is 58.6 Å². The highest BCUT2D eigenvalue weighted by atomic mass is 28.4. The van der Waals surface area contributed by atoms with Crippen LogP contribution in [-0.4, -0.2) is 54.8 Å². The van der Waals surface area contributed by atoms with E-state index in [1.54, 1.807) is 17.0 Å². The lowest BCUT2D eigenvalue weighted by Gasteiger charge is -2.49. The Morgan fingerprint density at radius 2 is 1.51 bits per heavy atom. The molecule has 1 fully saturated rings. The summed E-state index contributed by atoms with van der Waals surface area (Å²) in [4.78, 5) is 14.6. The zero-order chi connectivity index (χ0) is 25.8. The standard InChI is InChI=1S/C28H41NO5Si/c1-19(2)35(20(3)4,21(5)6)34-26-17-29(28(32)33-18-22-10-8-7-9-11-22)16-25(31)27(26)23-12-14-24(30)15-13-23/h7-15,19-21,25-27,30-31H,16-18H2,1-6H3. The number of nitrogens with zero attached hydrogens (tertiary/aromatic N) is 1. The summed E-state index contributed by atoms with van der Waals surface area (Å²) in [7, 11) is -2.30. The van der Waals surface area contributed by atoms with Crippen molar-refractivity contribution in [2.24, 2.45) is 0 Å². The van der Waals surface area contributed by atoms with Crippen LogP contribution < -0.4 is 0 Å². The third-order valence-electron chi connectivity index (χ3n) is 7.43. The van der Waals surface area contributed by atoms with Gasteiger partial charge in [0, 0.05) is 12.5 Å². The van der Waals surface area contributed by atoms with Crippen molar-refractivity contribution in [2.75, 3.05) is 13.1 Å². The Labute approximate surface area is 211 Å². The Hall–Kier alpha value is -2.35. The lowest BCUT2D eigenvalue weighted by atomic mass is 9.85. The molecule has 0 saturated carbocycles. The number of ether oxygens (including phenoxy) is 1. The second kappa shape index (κ2) is 11.6. The average molecular weight is 500 g/mol. The molecule has 0 bridgehead atoms. The van der Waals surface area contributed by atoms with Gasteiger partial charge in [-0.2, -0.15) is 0 Å². The number of phenols is 1. The molecule has 1 saturated heterocycles.